The largest absolute Gasteiger partial charge is 0.490 e. The maximum absolute atomic E-state index is 12.6. The Morgan fingerprint density at radius 1 is 1.16 bits per heavy atom. The summed E-state index contributed by atoms with van der Waals surface area (Å²) in [5.74, 6) is -2.65. The number of aryl methyl sites for hydroxylation is 1. The number of aromatic nitrogens is 2. The van der Waals surface area contributed by atoms with E-state index in [4.69, 9.17) is 9.90 Å². The molecule has 12 heteroatoms. The number of nitrogens with one attached hydrogen (secondary N) is 3. The molecule has 4 N–H and O–H groups in total. The lowest BCUT2D eigenvalue weighted by atomic mass is 9.96. The topological polar surface area (TPSA) is 125 Å². The van der Waals surface area contributed by atoms with Crippen molar-refractivity contribution in [2.24, 2.45) is 13.0 Å². The van der Waals surface area contributed by atoms with Crippen LogP contribution in [-0.4, -0.2) is 57.2 Å². The molecule has 204 valence electrons. The van der Waals surface area contributed by atoms with E-state index in [0.29, 0.717) is 12.5 Å². The van der Waals surface area contributed by atoms with Gasteiger partial charge in [-0.15, -0.1) is 0 Å². The Labute approximate surface area is 217 Å². The number of hydrogen-bond donors (Lipinski definition) is 4. The number of carboxylic acids is 1. The van der Waals surface area contributed by atoms with Crippen molar-refractivity contribution in [3.05, 3.63) is 66.0 Å². The second kappa shape index (κ2) is 12.5. The second-order valence-corrected chi connectivity index (χ2v) is 9.18. The highest BCUT2D eigenvalue weighted by Gasteiger charge is 2.38. The predicted octanol–water partition coefficient (Wildman–Crippen LogP) is 2.55. The van der Waals surface area contributed by atoms with Crippen molar-refractivity contribution < 1.29 is 32.7 Å². The Kier molecular flexibility index (Phi) is 9.45. The molecule has 0 spiro atoms. The average Bonchev–Trinajstić information content (AvgIpc) is 3.49. The molecule has 2 aromatic carbocycles. The minimum absolute atomic E-state index is 0.117. The summed E-state index contributed by atoms with van der Waals surface area (Å²) in [5, 5.41) is 16.2. The molecule has 2 amide bonds. The third-order valence-electron chi connectivity index (χ3n) is 6.16. The van der Waals surface area contributed by atoms with Gasteiger partial charge in [-0.3, -0.25) is 9.59 Å². The molecular formula is C26H30F3N5O4. The van der Waals surface area contributed by atoms with Crippen LogP contribution in [0.5, 0.6) is 0 Å². The molecule has 1 unspecified atom stereocenters. The number of aliphatic carboxylic acids is 1. The first kappa shape index (κ1) is 28.6. The van der Waals surface area contributed by atoms with Gasteiger partial charge in [0, 0.05) is 13.6 Å². The van der Waals surface area contributed by atoms with E-state index in [9.17, 15) is 22.8 Å². The maximum Gasteiger partial charge on any atom is 0.490 e. The number of carbonyl (C=O) groups is 3. The molecule has 2 heterocycles. The molecule has 1 fully saturated rings. The average molecular weight is 534 g/mol. The van der Waals surface area contributed by atoms with Crippen LogP contribution in [0.1, 0.15) is 24.5 Å². The number of hydrogen-bond acceptors (Lipinski definition) is 5. The molecule has 4 rings (SSSR count). The molecule has 1 aliphatic rings. The zero-order chi connectivity index (χ0) is 27.9. The van der Waals surface area contributed by atoms with E-state index in [1.54, 1.807) is 13.3 Å². The van der Waals surface area contributed by atoms with Gasteiger partial charge >= 0.3 is 12.1 Å². The van der Waals surface area contributed by atoms with Crippen molar-refractivity contribution in [3.8, 4) is 0 Å². The van der Waals surface area contributed by atoms with Crippen LogP contribution in [-0.2, 0) is 34.4 Å². The molecule has 3 aromatic rings. The van der Waals surface area contributed by atoms with E-state index in [1.165, 1.54) is 5.56 Å². The van der Waals surface area contributed by atoms with Crippen molar-refractivity contribution >= 4 is 28.8 Å². The van der Waals surface area contributed by atoms with Gasteiger partial charge in [-0.2, -0.15) is 13.2 Å². The number of carboxylic acid groups (broad SMARTS) is 1. The van der Waals surface area contributed by atoms with Crippen LogP contribution >= 0.6 is 0 Å². The van der Waals surface area contributed by atoms with E-state index in [-0.39, 0.29) is 17.9 Å². The molecule has 1 saturated heterocycles. The first-order valence-electron chi connectivity index (χ1n) is 12.0. The van der Waals surface area contributed by atoms with Crippen LogP contribution in [0.25, 0.3) is 11.0 Å². The summed E-state index contributed by atoms with van der Waals surface area (Å²) in [4.78, 5) is 38.3. The molecule has 9 nitrogen and oxygen atoms in total. The Morgan fingerprint density at radius 3 is 2.50 bits per heavy atom. The fraction of sp³-hybridized carbons (Fsp3) is 0.385. The zero-order valence-electron chi connectivity index (χ0n) is 21.0. The fourth-order valence-electron chi connectivity index (χ4n) is 4.13. The van der Waals surface area contributed by atoms with Crippen LogP contribution in [0.2, 0.25) is 0 Å². The van der Waals surface area contributed by atoms with Crippen LogP contribution < -0.4 is 16.0 Å². The smallest absolute Gasteiger partial charge is 0.475 e. The molecule has 1 aliphatic heterocycles. The van der Waals surface area contributed by atoms with Crippen LogP contribution in [0, 0.1) is 5.92 Å². The number of nitrogens with zero attached hydrogens (tertiary/aromatic N) is 2. The second-order valence-electron chi connectivity index (χ2n) is 9.18. The number of alkyl halides is 3. The summed E-state index contributed by atoms with van der Waals surface area (Å²) in [6.07, 6.45) is -1.58. The summed E-state index contributed by atoms with van der Waals surface area (Å²) >= 11 is 0. The van der Waals surface area contributed by atoms with Gasteiger partial charge in [-0.1, -0.05) is 36.4 Å². The summed E-state index contributed by atoms with van der Waals surface area (Å²) in [6.45, 7) is 2.92. The third-order valence-corrected chi connectivity index (χ3v) is 6.16. The minimum atomic E-state index is -5.08. The molecule has 0 saturated carbocycles. The van der Waals surface area contributed by atoms with E-state index in [0.717, 1.165) is 36.0 Å². The summed E-state index contributed by atoms with van der Waals surface area (Å²) in [6, 6.07) is 15.4. The number of imidazole rings is 1. The van der Waals surface area contributed by atoms with Gasteiger partial charge in [0.25, 0.3) is 0 Å². The first-order chi connectivity index (χ1) is 17.9. The van der Waals surface area contributed by atoms with Crippen molar-refractivity contribution in [2.75, 3.05) is 6.54 Å². The SMILES string of the molecule is CC(NC(=O)[C@H]1C[C@H](Cc2ccccc2)CN1)C(=O)NCc1ccc2c(c1)ncn2C.O=C(O)C(F)(F)F. The number of halogens is 3. The summed E-state index contributed by atoms with van der Waals surface area (Å²) in [7, 11) is 1.95. The van der Waals surface area contributed by atoms with Crippen molar-refractivity contribution in [2.45, 2.75) is 44.6 Å². The Morgan fingerprint density at radius 2 is 1.84 bits per heavy atom. The highest BCUT2D eigenvalue weighted by Crippen LogP contribution is 2.19. The first-order valence-corrected chi connectivity index (χ1v) is 12.0. The van der Waals surface area contributed by atoms with Crippen LogP contribution in [0.15, 0.2) is 54.9 Å². The lowest BCUT2D eigenvalue weighted by molar-refractivity contribution is -0.192. The van der Waals surface area contributed by atoms with Gasteiger partial charge in [-0.05, 0) is 55.5 Å². The van der Waals surface area contributed by atoms with E-state index in [1.807, 2.05) is 48.0 Å². The quantitative estimate of drug-likeness (QED) is 0.370. The van der Waals surface area contributed by atoms with Gasteiger partial charge in [-0.25, -0.2) is 9.78 Å². The van der Waals surface area contributed by atoms with Crippen molar-refractivity contribution in [3.63, 3.8) is 0 Å². The standard InChI is InChI=1S/C24H29N5O2.C2HF3O2/c1-16(23(30)26-13-18-8-9-22-20(11-18)27-15-29(22)2)28-24(31)21-12-19(14-25-21)10-17-6-4-3-5-7-17;3-2(4,5)1(6)7/h3-9,11,15-16,19,21,25H,10,12-14H2,1-2H3,(H,26,30)(H,28,31);(H,6,7)/t16?,19-,21+;/m0./s1. The van der Waals surface area contributed by atoms with Gasteiger partial charge in [0.2, 0.25) is 11.8 Å². The van der Waals surface area contributed by atoms with E-state index < -0.39 is 18.2 Å². The normalized spacial score (nSPS) is 17.8. The maximum atomic E-state index is 12.6. The Balaban J connectivity index is 0.000000505. The highest BCUT2D eigenvalue weighted by atomic mass is 19.4. The number of amides is 2. The number of rotatable bonds is 7. The monoisotopic (exact) mass is 533 g/mol. The lowest BCUT2D eigenvalue weighted by Gasteiger charge is -2.17. The van der Waals surface area contributed by atoms with Crippen molar-refractivity contribution in [1.29, 1.82) is 0 Å². The Hall–Kier alpha value is -3.93. The minimum Gasteiger partial charge on any atom is -0.475 e. The van der Waals surface area contributed by atoms with Gasteiger partial charge in [0.05, 0.1) is 23.4 Å². The van der Waals surface area contributed by atoms with Gasteiger partial charge in [0.1, 0.15) is 6.04 Å². The number of carbonyl (C=O) groups excluding carboxylic acids is 2. The summed E-state index contributed by atoms with van der Waals surface area (Å²) in [5.41, 5.74) is 4.20. The van der Waals surface area contributed by atoms with Gasteiger partial charge < -0.3 is 25.6 Å². The number of fused-ring (bicyclic) bond motifs is 1. The molecule has 0 bridgehead atoms. The Bertz CT molecular complexity index is 1260. The highest BCUT2D eigenvalue weighted by molar-refractivity contribution is 5.89. The number of benzene rings is 2. The van der Waals surface area contributed by atoms with E-state index >= 15 is 0 Å². The molecular weight excluding hydrogens is 503 g/mol. The third kappa shape index (κ3) is 8.04. The molecule has 38 heavy (non-hydrogen) atoms. The van der Waals surface area contributed by atoms with Gasteiger partial charge in [0.15, 0.2) is 0 Å². The van der Waals surface area contributed by atoms with E-state index in [2.05, 4.69) is 33.1 Å². The predicted molar refractivity (Wildman–Crippen MR) is 134 cm³/mol. The van der Waals surface area contributed by atoms with Crippen molar-refractivity contribution in [1.82, 2.24) is 25.5 Å². The lowest BCUT2D eigenvalue weighted by Crippen LogP contribution is -2.49. The van der Waals surface area contributed by atoms with Crippen LogP contribution in [0.3, 0.4) is 0 Å². The van der Waals surface area contributed by atoms with Crippen LogP contribution in [0.4, 0.5) is 13.2 Å². The fourth-order valence-corrected chi connectivity index (χ4v) is 4.13. The molecule has 0 radical (unpaired) electrons. The summed E-state index contributed by atoms with van der Waals surface area (Å²) < 4.78 is 33.7. The molecule has 1 aromatic heterocycles. The molecule has 3 atom stereocenters. The zero-order valence-corrected chi connectivity index (χ0v) is 21.0. The molecule has 0 aliphatic carbocycles.